The van der Waals surface area contributed by atoms with Crippen LogP contribution in [0.15, 0.2) is 12.7 Å². The lowest BCUT2D eigenvalue weighted by molar-refractivity contribution is -0.126. The minimum atomic E-state index is -4.04. The van der Waals surface area contributed by atoms with Crippen molar-refractivity contribution in [3.63, 3.8) is 0 Å². The smallest absolute Gasteiger partial charge is 0.266 e. The maximum absolute atomic E-state index is 11.0. The second kappa shape index (κ2) is 5.74. The molecule has 1 atom stereocenters. The summed E-state index contributed by atoms with van der Waals surface area (Å²) < 4.78 is 29.4. The SMILES string of the molecule is C=CC(=O)N(C)C(C)CS(=O)(=O)O.N. The van der Waals surface area contributed by atoms with Crippen LogP contribution in [-0.4, -0.2) is 42.6 Å². The molecule has 84 valence electrons. The van der Waals surface area contributed by atoms with Crippen LogP contribution in [0.25, 0.3) is 0 Å². The molecule has 0 bridgehead atoms. The maximum atomic E-state index is 11.0. The number of carbonyl (C=O) groups excluding carboxylic acids is 1. The van der Waals surface area contributed by atoms with Gasteiger partial charge in [-0.25, -0.2) is 0 Å². The molecule has 7 heteroatoms. The zero-order valence-electron chi connectivity index (χ0n) is 8.30. The average molecular weight is 224 g/mol. The molecule has 4 N–H and O–H groups in total. The highest BCUT2D eigenvalue weighted by Crippen LogP contribution is 2.00. The van der Waals surface area contributed by atoms with Gasteiger partial charge in [-0.05, 0) is 13.0 Å². The van der Waals surface area contributed by atoms with Gasteiger partial charge in [0, 0.05) is 13.1 Å². The Hall–Kier alpha value is -0.920. The standard InChI is InChI=1S/C7H13NO4S.H3N/c1-4-7(9)8(3)6(2)5-13(10,11)12;/h4,6H,1,5H2,2-3H3,(H,10,11,12);1H3. The summed E-state index contributed by atoms with van der Waals surface area (Å²) in [7, 11) is -2.59. The number of hydrogen-bond donors (Lipinski definition) is 2. The molecular weight excluding hydrogens is 208 g/mol. The Bertz CT molecular complexity index is 299. The molecule has 14 heavy (non-hydrogen) atoms. The van der Waals surface area contributed by atoms with Crippen LogP contribution < -0.4 is 6.15 Å². The molecule has 0 aromatic rings. The first-order valence-corrected chi connectivity index (χ1v) is 5.23. The summed E-state index contributed by atoms with van der Waals surface area (Å²) in [5.74, 6) is -0.848. The number of carbonyl (C=O) groups is 1. The van der Waals surface area contributed by atoms with Crippen molar-refractivity contribution in [2.24, 2.45) is 0 Å². The highest BCUT2D eigenvalue weighted by atomic mass is 32.2. The lowest BCUT2D eigenvalue weighted by Gasteiger charge is -2.22. The summed E-state index contributed by atoms with van der Waals surface area (Å²) in [6.45, 7) is 4.78. The van der Waals surface area contributed by atoms with Gasteiger partial charge in [0.25, 0.3) is 10.1 Å². The predicted octanol–water partition coefficient (Wildman–Crippen LogP) is 0.0691. The van der Waals surface area contributed by atoms with E-state index in [1.165, 1.54) is 18.9 Å². The lowest BCUT2D eigenvalue weighted by atomic mass is 10.3. The third-order valence-corrected chi connectivity index (χ3v) is 2.54. The number of nitrogens with zero attached hydrogens (tertiary/aromatic N) is 1. The monoisotopic (exact) mass is 224 g/mol. The normalized spacial score (nSPS) is 12.5. The lowest BCUT2D eigenvalue weighted by Crippen LogP contribution is -2.38. The average Bonchev–Trinajstić information content (AvgIpc) is 1.98. The maximum Gasteiger partial charge on any atom is 0.266 e. The van der Waals surface area contributed by atoms with E-state index < -0.39 is 21.9 Å². The Labute approximate surface area is 83.9 Å². The van der Waals surface area contributed by atoms with Crippen molar-refractivity contribution >= 4 is 16.0 Å². The molecule has 1 amide bonds. The fourth-order valence-electron chi connectivity index (χ4n) is 0.778. The molecule has 0 spiro atoms. The van der Waals surface area contributed by atoms with Crippen LogP contribution in [0, 0.1) is 0 Å². The molecule has 0 saturated heterocycles. The van der Waals surface area contributed by atoms with Crippen LogP contribution in [0.5, 0.6) is 0 Å². The summed E-state index contributed by atoms with van der Waals surface area (Å²) >= 11 is 0. The molecule has 0 saturated carbocycles. The van der Waals surface area contributed by atoms with Gasteiger partial charge in [-0.15, -0.1) is 0 Å². The van der Waals surface area contributed by atoms with E-state index in [1.807, 2.05) is 0 Å². The number of hydrogen-bond acceptors (Lipinski definition) is 4. The molecule has 0 aromatic carbocycles. The van der Waals surface area contributed by atoms with Gasteiger partial charge in [0.1, 0.15) is 0 Å². The zero-order chi connectivity index (χ0) is 10.6. The van der Waals surface area contributed by atoms with Crippen LogP contribution in [0.2, 0.25) is 0 Å². The Morgan fingerprint density at radius 1 is 1.64 bits per heavy atom. The van der Waals surface area contributed by atoms with Gasteiger partial charge < -0.3 is 11.1 Å². The summed E-state index contributed by atoms with van der Waals surface area (Å²) in [5, 5.41) is 0. The highest BCUT2D eigenvalue weighted by molar-refractivity contribution is 7.85. The second-order valence-corrected chi connectivity index (χ2v) is 4.25. The van der Waals surface area contributed by atoms with E-state index in [0.29, 0.717) is 0 Å². The third-order valence-electron chi connectivity index (χ3n) is 1.64. The first-order chi connectivity index (χ1) is 5.78. The molecule has 1 unspecified atom stereocenters. The van der Waals surface area contributed by atoms with Gasteiger partial charge in [-0.3, -0.25) is 9.35 Å². The van der Waals surface area contributed by atoms with Crippen molar-refractivity contribution in [3.05, 3.63) is 12.7 Å². The van der Waals surface area contributed by atoms with Crippen LogP contribution in [-0.2, 0) is 14.9 Å². The molecule has 6 nitrogen and oxygen atoms in total. The summed E-state index contributed by atoms with van der Waals surface area (Å²) in [6.07, 6.45) is 1.08. The van der Waals surface area contributed by atoms with E-state index >= 15 is 0 Å². The van der Waals surface area contributed by atoms with Gasteiger partial charge in [-0.1, -0.05) is 6.58 Å². The summed E-state index contributed by atoms with van der Waals surface area (Å²) in [6, 6.07) is -0.569. The van der Waals surface area contributed by atoms with Crippen LogP contribution >= 0.6 is 0 Å². The predicted molar refractivity (Wildman–Crippen MR) is 53.9 cm³/mol. The van der Waals surface area contributed by atoms with E-state index in [1.54, 1.807) is 0 Å². The quantitative estimate of drug-likeness (QED) is 0.518. The fourth-order valence-corrected chi connectivity index (χ4v) is 1.61. The van der Waals surface area contributed by atoms with Crippen LogP contribution in [0.3, 0.4) is 0 Å². The second-order valence-electron chi connectivity index (χ2n) is 2.75. The molecular formula is C7H16N2O4S. The van der Waals surface area contributed by atoms with Crippen molar-refractivity contribution in [2.45, 2.75) is 13.0 Å². The Morgan fingerprint density at radius 3 is 2.36 bits per heavy atom. The van der Waals surface area contributed by atoms with Gasteiger partial charge in [0.05, 0.1) is 5.75 Å². The van der Waals surface area contributed by atoms with Crippen LogP contribution in [0.1, 0.15) is 6.92 Å². The van der Waals surface area contributed by atoms with E-state index in [4.69, 9.17) is 4.55 Å². The van der Waals surface area contributed by atoms with Crippen LogP contribution in [0.4, 0.5) is 0 Å². The summed E-state index contributed by atoms with van der Waals surface area (Å²) in [5.41, 5.74) is 0. The van der Waals surface area contributed by atoms with E-state index in [-0.39, 0.29) is 12.1 Å². The van der Waals surface area contributed by atoms with E-state index in [9.17, 15) is 13.2 Å². The van der Waals surface area contributed by atoms with Crippen molar-refractivity contribution < 1.29 is 17.8 Å². The minimum Gasteiger partial charge on any atom is -0.344 e. The first kappa shape index (κ1) is 15.5. The molecule has 0 heterocycles. The number of likely N-dealkylation sites (N-methyl/N-ethyl adjacent to an activating group) is 1. The van der Waals surface area contributed by atoms with Gasteiger partial charge >= 0.3 is 0 Å². The van der Waals surface area contributed by atoms with E-state index in [0.717, 1.165) is 6.08 Å². The Morgan fingerprint density at radius 2 is 2.07 bits per heavy atom. The molecule has 0 aromatic heterocycles. The Balaban J connectivity index is 0. The van der Waals surface area contributed by atoms with Crippen molar-refractivity contribution in [3.8, 4) is 0 Å². The fraction of sp³-hybridized carbons (Fsp3) is 0.571. The van der Waals surface area contributed by atoms with Crippen molar-refractivity contribution in [2.75, 3.05) is 12.8 Å². The topological polar surface area (TPSA) is 110 Å². The molecule has 0 fully saturated rings. The highest BCUT2D eigenvalue weighted by Gasteiger charge is 2.18. The summed E-state index contributed by atoms with van der Waals surface area (Å²) in [4.78, 5) is 12.2. The third kappa shape index (κ3) is 5.68. The van der Waals surface area contributed by atoms with Crippen molar-refractivity contribution in [1.29, 1.82) is 0 Å². The molecule has 0 radical (unpaired) electrons. The minimum absolute atomic E-state index is 0. The molecule has 0 rings (SSSR count). The number of rotatable bonds is 4. The number of amides is 1. The zero-order valence-corrected chi connectivity index (χ0v) is 9.12. The van der Waals surface area contributed by atoms with Gasteiger partial charge in [-0.2, -0.15) is 8.42 Å². The molecule has 0 aliphatic rings. The van der Waals surface area contributed by atoms with Gasteiger partial charge in [0.2, 0.25) is 5.91 Å². The Kier molecular flexibility index (Phi) is 6.37. The first-order valence-electron chi connectivity index (χ1n) is 3.62. The molecule has 0 aliphatic carbocycles. The molecule has 0 aliphatic heterocycles. The van der Waals surface area contributed by atoms with E-state index in [2.05, 4.69) is 6.58 Å². The largest absolute Gasteiger partial charge is 0.344 e. The van der Waals surface area contributed by atoms with Gasteiger partial charge in [0.15, 0.2) is 0 Å². The van der Waals surface area contributed by atoms with Crippen molar-refractivity contribution in [1.82, 2.24) is 11.1 Å².